The van der Waals surface area contributed by atoms with Gasteiger partial charge in [-0.3, -0.25) is 0 Å². The van der Waals surface area contributed by atoms with Crippen LogP contribution in [0.4, 0.5) is 5.82 Å². The first-order valence-electron chi connectivity index (χ1n) is 7.59. The van der Waals surface area contributed by atoms with Gasteiger partial charge in [-0.15, -0.1) is 10.2 Å². The average Bonchev–Trinajstić information content (AvgIpc) is 3.30. The van der Waals surface area contributed by atoms with Crippen LogP contribution in [-0.4, -0.2) is 39.4 Å². The molecule has 24 heavy (non-hydrogen) atoms. The zero-order chi connectivity index (χ0) is 16.7. The number of hydrogen-bond acceptors (Lipinski definition) is 7. The van der Waals surface area contributed by atoms with E-state index in [0.717, 1.165) is 18.7 Å². The van der Waals surface area contributed by atoms with Gasteiger partial charge in [0.05, 0.1) is 17.0 Å². The summed E-state index contributed by atoms with van der Waals surface area (Å²) in [6, 6.07) is 5.33. The van der Waals surface area contributed by atoms with E-state index in [0.29, 0.717) is 29.3 Å². The highest BCUT2D eigenvalue weighted by atomic mass is 32.2. The van der Waals surface area contributed by atoms with Gasteiger partial charge in [-0.1, -0.05) is 0 Å². The van der Waals surface area contributed by atoms with Gasteiger partial charge in [-0.25, -0.2) is 18.4 Å². The van der Waals surface area contributed by atoms with Crippen molar-refractivity contribution in [2.45, 2.75) is 30.3 Å². The molecule has 8 nitrogen and oxygen atoms in total. The van der Waals surface area contributed by atoms with Crippen LogP contribution in [0, 0.1) is 0 Å². The Morgan fingerprint density at radius 2 is 2.12 bits per heavy atom. The molecule has 9 heteroatoms. The molecule has 0 bridgehead atoms. The van der Waals surface area contributed by atoms with Crippen LogP contribution in [0.25, 0.3) is 10.9 Å². The quantitative estimate of drug-likeness (QED) is 0.749. The van der Waals surface area contributed by atoms with Gasteiger partial charge in [0, 0.05) is 17.7 Å². The Balaban J connectivity index is 1.67. The smallest absolute Gasteiger partial charge is 0.175 e. The predicted octanol–water partition coefficient (Wildman–Crippen LogP) is 1.57. The number of nitrogens with one attached hydrogen (secondary N) is 1. The second-order valence-electron chi connectivity index (χ2n) is 5.91. The van der Waals surface area contributed by atoms with Crippen molar-refractivity contribution in [3.05, 3.63) is 36.7 Å². The molecule has 2 heterocycles. The number of hydrogen-bond donors (Lipinski definition) is 1. The highest BCUT2D eigenvalue weighted by molar-refractivity contribution is 7.90. The summed E-state index contributed by atoms with van der Waals surface area (Å²) in [4.78, 5) is 8.68. The monoisotopic (exact) mass is 344 g/mol. The van der Waals surface area contributed by atoms with E-state index >= 15 is 0 Å². The Bertz CT molecular complexity index is 1010. The van der Waals surface area contributed by atoms with Gasteiger partial charge in [0.15, 0.2) is 15.7 Å². The normalized spacial score (nSPS) is 14.9. The fourth-order valence-electron chi connectivity index (χ4n) is 2.62. The molecular formula is C15H16N6O2S. The molecule has 2 aromatic heterocycles. The van der Waals surface area contributed by atoms with Crippen LogP contribution in [-0.2, 0) is 16.4 Å². The third-order valence-corrected chi connectivity index (χ3v) is 5.15. The number of aromatic nitrogens is 5. The molecule has 0 saturated heterocycles. The Hall–Kier alpha value is -2.55. The largest absolute Gasteiger partial charge is 0.362 e. The Labute approximate surface area is 138 Å². The van der Waals surface area contributed by atoms with Crippen molar-refractivity contribution < 1.29 is 8.42 Å². The van der Waals surface area contributed by atoms with E-state index in [1.165, 1.54) is 12.6 Å². The van der Waals surface area contributed by atoms with Crippen LogP contribution in [0.1, 0.15) is 24.7 Å². The van der Waals surface area contributed by atoms with Crippen LogP contribution >= 0.6 is 0 Å². The van der Waals surface area contributed by atoms with E-state index in [1.54, 1.807) is 24.5 Å². The minimum atomic E-state index is -3.29. The van der Waals surface area contributed by atoms with Crippen LogP contribution in [0.15, 0.2) is 35.7 Å². The lowest BCUT2D eigenvalue weighted by Crippen LogP contribution is -2.09. The number of nitrogens with zero attached hydrogens (tertiary/aromatic N) is 5. The van der Waals surface area contributed by atoms with Gasteiger partial charge in [-0.2, -0.15) is 0 Å². The summed E-state index contributed by atoms with van der Waals surface area (Å²) >= 11 is 0. The van der Waals surface area contributed by atoms with Crippen LogP contribution in [0.5, 0.6) is 0 Å². The topological polar surface area (TPSA) is 103 Å². The van der Waals surface area contributed by atoms with Crippen LogP contribution in [0.3, 0.4) is 0 Å². The Morgan fingerprint density at radius 1 is 1.29 bits per heavy atom. The van der Waals surface area contributed by atoms with E-state index in [-0.39, 0.29) is 4.90 Å². The highest BCUT2D eigenvalue weighted by Crippen LogP contribution is 2.35. The van der Waals surface area contributed by atoms with Crippen molar-refractivity contribution in [2.75, 3.05) is 11.6 Å². The van der Waals surface area contributed by atoms with Gasteiger partial charge in [0.2, 0.25) is 0 Å². The molecule has 0 spiro atoms. The van der Waals surface area contributed by atoms with Crippen molar-refractivity contribution in [3.63, 3.8) is 0 Å². The average molecular weight is 344 g/mol. The summed E-state index contributed by atoms with van der Waals surface area (Å²) in [6.07, 6.45) is 6.69. The molecule has 124 valence electrons. The fraction of sp³-hybridized carbons (Fsp3) is 0.333. The van der Waals surface area contributed by atoms with E-state index < -0.39 is 9.84 Å². The van der Waals surface area contributed by atoms with E-state index in [4.69, 9.17) is 0 Å². The minimum Gasteiger partial charge on any atom is -0.362 e. The summed E-state index contributed by atoms with van der Waals surface area (Å²) in [6.45, 7) is 0.464. The van der Waals surface area contributed by atoms with Crippen molar-refractivity contribution in [1.82, 2.24) is 24.7 Å². The third kappa shape index (κ3) is 2.82. The third-order valence-electron chi connectivity index (χ3n) is 4.04. The highest BCUT2D eigenvalue weighted by Gasteiger charge is 2.25. The lowest BCUT2D eigenvalue weighted by molar-refractivity contribution is 0.602. The molecule has 0 amide bonds. The van der Waals surface area contributed by atoms with Crippen LogP contribution < -0.4 is 5.32 Å². The van der Waals surface area contributed by atoms with Crippen molar-refractivity contribution in [3.8, 4) is 0 Å². The minimum absolute atomic E-state index is 0.244. The molecule has 1 aliphatic carbocycles. The number of anilines is 1. The molecule has 0 unspecified atom stereocenters. The van der Waals surface area contributed by atoms with Gasteiger partial charge in [-0.05, 0) is 31.0 Å². The van der Waals surface area contributed by atoms with E-state index in [1.807, 2.05) is 0 Å². The number of fused-ring (bicyclic) bond motifs is 1. The molecular weight excluding hydrogens is 328 g/mol. The van der Waals surface area contributed by atoms with Gasteiger partial charge in [0.1, 0.15) is 18.5 Å². The second kappa shape index (κ2) is 5.52. The molecule has 0 atom stereocenters. The lowest BCUT2D eigenvalue weighted by atomic mass is 10.2. The molecule has 3 aromatic rings. The summed E-state index contributed by atoms with van der Waals surface area (Å²) in [5.74, 6) is 1.42. The summed E-state index contributed by atoms with van der Waals surface area (Å²) < 4.78 is 25.6. The molecule has 1 aromatic carbocycles. The van der Waals surface area contributed by atoms with Gasteiger partial charge in [0.25, 0.3) is 0 Å². The molecule has 0 aliphatic heterocycles. The maximum atomic E-state index is 11.8. The summed E-state index contributed by atoms with van der Waals surface area (Å²) in [7, 11) is -3.29. The Kier molecular flexibility index (Phi) is 3.45. The summed E-state index contributed by atoms with van der Waals surface area (Å²) in [5.41, 5.74) is 0.684. The lowest BCUT2D eigenvalue weighted by Gasteiger charge is -2.10. The van der Waals surface area contributed by atoms with Crippen molar-refractivity contribution >= 4 is 26.6 Å². The van der Waals surface area contributed by atoms with Crippen LogP contribution in [0.2, 0.25) is 0 Å². The second-order valence-corrected chi connectivity index (χ2v) is 7.93. The first kappa shape index (κ1) is 15.0. The molecule has 1 fully saturated rings. The zero-order valence-electron chi connectivity index (χ0n) is 13.0. The van der Waals surface area contributed by atoms with Gasteiger partial charge >= 0.3 is 0 Å². The molecule has 4 rings (SSSR count). The fourth-order valence-corrected chi connectivity index (χ4v) is 3.27. The zero-order valence-corrected chi connectivity index (χ0v) is 13.9. The Morgan fingerprint density at radius 3 is 2.88 bits per heavy atom. The van der Waals surface area contributed by atoms with E-state index in [2.05, 4.69) is 30.0 Å². The molecule has 1 saturated carbocycles. The van der Waals surface area contributed by atoms with E-state index in [9.17, 15) is 8.42 Å². The number of sulfone groups is 1. The van der Waals surface area contributed by atoms with Gasteiger partial charge < -0.3 is 9.88 Å². The number of benzene rings is 1. The van der Waals surface area contributed by atoms with Crippen molar-refractivity contribution in [1.29, 1.82) is 0 Å². The first-order valence-corrected chi connectivity index (χ1v) is 9.48. The molecule has 0 radical (unpaired) electrons. The predicted molar refractivity (Wildman–Crippen MR) is 88.3 cm³/mol. The first-order chi connectivity index (χ1) is 11.5. The maximum absolute atomic E-state index is 11.8. The number of rotatable bonds is 5. The maximum Gasteiger partial charge on any atom is 0.175 e. The molecule has 1 aliphatic rings. The van der Waals surface area contributed by atoms with Crippen molar-refractivity contribution in [2.24, 2.45) is 0 Å². The molecule has 1 N–H and O–H groups in total. The standard InChI is InChI=1S/C15H16N6O2S/c1-24(22,23)11-4-5-13-12(6-11)15(18-8-17-13)16-7-14-20-19-9-21(14)10-2-3-10/h4-6,8-10H,2-3,7H2,1H3,(H,16,17,18). The summed E-state index contributed by atoms with van der Waals surface area (Å²) in [5, 5.41) is 12.0. The SMILES string of the molecule is CS(=O)(=O)c1ccc2ncnc(NCc3nncn3C3CC3)c2c1.